The molecule has 0 aromatic rings. The van der Waals surface area contributed by atoms with Gasteiger partial charge < -0.3 is 5.32 Å². The zero-order valence-electron chi connectivity index (χ0n) is 8.40. The summed E-state index contributed by atoms with van der Waals surface area (Å²) in [5.41, 5.74) is 0.823. The third-order valence-corrected chi connectivity index (χ3v) is 4.13. The van der Waals surface area contributed by atoms with Crippen molar-refractivity contribution in [3.63, 3.8) is 0 Å². The van der Waals surface area contributed by atoms with E-state index in [1.165, 1.54) is 38.6 Å². The molecule has 2 fully saturated rings. The molecule has 1 spiro atoms. The minimum Gasteiger partial charge on any atom is -0.319 e. The van der Waals surface area contributed by atoms with Gasteiger partial charge in [0.1, 0.15) is 0 Å². The maximum atomic E-state index is 3.31. The second kappa shape index (κ2) is 3.02. The predicted octanol–water partition coefficient (Wildman–Crippen LogP) is 2.42. The van der Waals surface area contributed by atoms with Crippen molar-refractivity contribution in [2.75, 3.05) is 13.6 Å². The Morgan fingerprint density at radius 1 is 1.42 bits per heavy atom. The van der Waals surface area contributed by atoms with E-state index < -0.39 is 0 Å². The molecule has 0 radical (unpaired) electrons. The molecular formula is C11H21N. The lowest BCUT2D eigenvalue weighted by Crippen LogP contribution is -2.13. The van der Waals surface area contributed by atoms with Crippen LogP contribution >= 0.6 is 0 Å². The molecule has 0 amide bonds. The first-order chi connectivity index (χ1) is 5.80. The zero-order valence-corrected chi connectivity index (χ0v) is 8.40. The van der Waals surface area contributed by atoms with Crippen LogP contribution in [0.1, 0.15) is 39.0 Å². The Balaban J connectivity index is 1.84. The highest BCUT2D eigenvalue weighted by atomic mass is 14.8. The van der Waals surface area contributed by atoms with Gasteiger partial charge in [0.05, 0.1) is 0 Å². The molecule has 1 N–H and O–H groups in total. The first kappa shape index (κ1) is 8.55. The molecule has 0 aromatic heterocycles. The van der Waals surface area contributed by atoms with Crippen LogP contribution in [0.5, 0.6) is 0 Å². The summed E-state index contributed by atoms with van der Waals surface area (Å²) in [5, 5.41) is 3.31. The number of hydrogen-bond donors (Lipinski definition) is 1. The monoisotopic (exact) mass is 167 g/mol. The van der Waals surface area contributed by atoms with Gasteiger partial charge in [-0.15, -0.1) is 0 Å². The van der Waals surface area contributed by atoms with E-state index in [2.05, 4.69) is 19.3 Å². The SMILES string of the molecule is CCC1CCC2(C1)CC2CNC. The second-order valence-corrected chi connectivity index (χ2v) is 4.84. The van der Waals surface area contributed by atoms with E-state index in [0.717, 1.165) is 17.3 Å². The standard InChI is InChI=1S/C11H21N/c1-3-9-4-5-11(6-9)7-10(11)8-12-2/h9-10,12H,3-8H2,1-2H3. The van der Waals surface area contributed by atoms with E-state index in [0.29, 0.717) is 0 Å². The van der Waals surface area contributed by atoms with Crippen molar-refractivity contribution < 1.29 is 0 Å². The topological polar surface area (TPSA) is 12.0 Å². The van der Waals surface area contributed by atoms with Crippen LogP contribution in [0.4, 0.5) is 0 Å². The molecule has 0 saturated heterocycles. The van der Waals surface area contributed by atoms with Gasteiger partial charge in [0.2, 0.25) is 0 Å². The summed E-state index contributed by atoms with van der Waals surface area (Å²) in [4.78, 5) is 0. The van der Waals surface area contributed by atoms with Gasteiger partial charge >= 0.3 is 0 Å². The summed E-state index contributed by atoms with van der Waals surface area (Å²) in [6.07, 6.45) is 7.50. The summed E-state index contributed by atoms with van der Waals surface area (Å²) in [6, 6.07) is 0. The van der Waals surface area contributed by atoms with Gasteiger partial charge in [0.15, 0.2) is 0 Å². The summed E-state index contributed by atoms with van der Waals surface area (Å²) in [7, 11) is 2.08. The van der Waals surface area contributed by atoms with Crippen molar-refractivity contribution in [3.05, 3.63) is 0 Å². The normalized spacial score (nSPS) is 45.5. The molecule has 12 heavy (non-hydrogen) atoms. The van der Waals surface area contributed by atoms with E-state index >= 15 is 0 Å². The second-order valence-electron chi connectivity index (χ2n) is 4.84. The van der Waals surface area contributed by atoms with Gasteiger partial charge in [0.25, 0.3) is 0 Å². The third kappa shape index (κ3) is 1.28. The first-order valence-corrected chi connectivity index (χ1v) is 5.45. The van der Waals surface area contributed by atoms with Crippen molar-refractivity contribution in [2.24, 2.45) is 17.3 Å². The Morgan fingerprint density at radius 2 is 2.25 bits per heavy atom. The van der Waals surface area contributed by atoms with E-state index in [1.807, 2.05) is 0 Å². The van der Waals surface area contributed by atoms with E-state index in [-0.39, 0.29) is 0 Å². The molecule has 2 aliphatic carbocycles. The third-order valence-electron chi connectivity index (χ3n) is 4.13. The Labute approximate surface area is 75.9 Å². The van der Waals surface area contributed by atoms with Crippen molar-refractivity contribution >= 4 is 0 Å². The molecule has 3 atom stereocenters. The van der Waals surface area contributed by atoms with E-state index in [1.54, 1.807) is 0 Å². The number of hydrogen-bond acceptors (Lipinski definition) is 1. The Kier molecular flexibility index (Phi) is 2.16. The molecule has 0 aromatic carbocycles. The van der Waals surface area contributed by atoms with Crippen molar-refractivity contribution in [1.82, 2.24) is 5.32 Å². The van der Waals surface area contributed by atoms with Gasteiger partial charge in [-0.25, -0.2) is 0 Å². The number of rotatable bonds is 3. The van der Waals surface area contributed by atoms with E-state index in [9.17, 15) is 0 Å². The fraction of sp³-hybridized carbons (Fsp3) is 1.00. The minimum absolute atomic E-state index is 0.823. The van der Waals surface area contributed by atoms with Crippen LogP contribution < -0.4 is 5.32 Å². The average molecular weight is 167 g/mol. The molecule has 1 nitrogen and oxygen atoms in total. The quantitative estimate of drug-likeness (QED) is 0.680. The van der Waals surface area contributed by atoms with Crippen molar-refractivity contribution in [1.29, 1.82) is 0 Å². The van der Waals surface area contributed by atoms with Gasteiger partial charge in [-0.3, -0.25) is 0 Å². The smallest absolute Gasteiger partial charge is 0.00180 e. The van der Waals surface area contributed by atoms with Crippen LogP contribution in [0.2, 0.25) is 0 Å². The van der Waals surface area contributed by atoms with Gasteiger partial charge in [-0.1, -0.05) is 13.3 Å². The summed E-state index contributed by atoms with van der Waals surface area (Å²) in [6.45, 7) is 3.61. The Morgan fingerprint density at radius 3 is 2.83 bits per heavy atom. The minimum atomic E-state index is 0.823. The van der Waals surface area contributed by atoms with Gasteiger partial charge in [-0.05, 0) is 56.5 Å². The molecule has 0 aliphatic heterocycles. The highest BCUT2D eigenvalue weighted by molar-refractivity contribution is 5.06. The Bertz CT molecular complexity index is 166. The summed E-state index contributed by atoms with van der Waals surface area (Å²) in [5.74, 6) is 2.09. The van der Waals surface area contributed by atoms with Crippen LogP contribution in [-0.4, -0.2) is 13.6 Å². The molecule has 0 bridgehead atoms. The highest BCUT2D eigenvalue weighted by Crippen LogP contribution is 2.64. The molecule has 1 heteroatoms. The van der Waals surface area contributed by atoms with Crippen LogP contribution in [0.3, 0.4) is 0 Å². The lowest BCUT2D eigenvalue weighted by molar-refractivity contribution is 0.426. The van der Waals surface area contributed by atoms with Crippen LogP contribution in [0, 0.1) is 17.3 Å². The molecular weight excluding hydrogens is 146 g/mol. The fourth-order valence-corrected chi connectivity index (χ4v) is 3.14. The summed E-state index contributed by atoms with van der Waals surface area (Å²) < 4.78 is 0. The van der Waals surface area contributed by atoms with Gasteiger partial charge in [-0.2, -0.15) is 0 Å². The molecule has 2 aliphatic rings. The largest absolute Gasteiger partial charge is 0.319 e. The summed E-state index contributed by atoms with van der Waals surface area (Å²) >= 11 is 0. The van der Waals surface area contributed by atoms with Crippen molar-refractivity contribution in [2.45, 2.75) is 39.0 Å². The predicted molar refractivity (Wildman–Crippen MR) is 52.1 cm³/mol. The number of nitrogens with one attached hydrogen (secondary N) is 1. The fourth-order valence-electron chi connectivity index (χ4n) is 3.14. The van der Waals surface area contributed by atoms with Crippen LogP contribution in [-0.2, 0) is 0 Å². The van der Waals surface area contributed by atoms with Crippen molar-refractivity contribution in [3.8, 4) is 0 Å². The molecule has 2 rings (SSSR count). The van der Waals surface area contributed by atoms with Crippen LogP contribution in [0.25, 0.3) is 0 Å². The lowest BCUT2D eigenvalue weighted by Gasteiger charge is -2.09. The molecule has 0 heterocycles. The van der Waals surface area contributed by atoms with Crippen LogP contribution in [0.15, 0.2) is 0 Å². The Hall–Kier alpha value is -0.0400. The van der Waals surface area contributed by atoms with E-state index in [4.69, 9.17) is 0 Å². The zero-order chi connectivity index (χ0) is 8.60. The average Bonchev–Trinajstić information content (AvgIpc) is 2.58. The highest BCUT2D eigenvalue weighted by Gasteiger charge is 2.56. The lowest BCUT2D eigenvalue weighted by atomic mass is 9.98. The molecule has 2 saturated carbocycles. The van der Waals surface area contributed by atoms with Gasteiger partial charge in [0, 0.05) is 0 Å². The molecule has 70 valence electrons. The maximum Gasteiger partial charge on any atom is -0.00180 e. The molecule has 3 unspecified atom stereocenters. The first-order valence-electron chi connectivity index (χ1n) is 5.45. The maximum absolute atomic E-state index is 3.31.